The molecule has 3 heterocycles. The first kappa shape index (κ1) is 14.1. The fourth-order valence-corrected chi connectivity index (χ4v) is 3.57. The number of fused-ring (bicyclic) bond motifs is 1. The molecule has 0 spiro atoms. The van der Waals surface area contributed by atoms with E-state index < -0.39 is 0 Å². The van der Waals surface area contributed by atoms with E-state index in [0.717, 1.165) is 31.8 Å². The maximum atomic E-state index is 12.3. The van der Waals surface area contributed by atoms with E-state index in [1.807, 2.05) is 0 Å². The molecule has 3 aliphatic rings. The third-order valence-electron chi connectivity index (χ3n) is 4.96. The summed E-state index contributed by atoms with van der Waals surface area (Å²) in [6, 6.07) is 0. The Kier molecular flexibility index (Phi) is 3.80. The van der Waals surface area contributed by atoms with Crippen molar-refractivity contribution in [1.82, 2.24) is 14.9 Å². The molecule has 6 nitrogen and oxygen atoms in total. The molecular formula is C16H22N4O2. The molecule has 1 aromatic heterocycles. The molecule has 1 amide bonds. The summed E-state index contributed by atoms with van der Waals surface area (Å²) < 4.78 is 6.03. The van der Waals surface area contributed by atoms with Crippen LogP contribution in [0.25, 0.3) is 0 Å². The zero-order chi connectivity index (χ0) is 14.9. The Morgan fingerprint density at radius 2 is 2.27 bits per heavy atom. The van der Waals surface area contributed by atoms with Crippen molar-refractivity contribution in [2.75, 3.05) is 25.0 Å². The van der Waals surface area contributed by atoms with Crippen molar-refractivity contribution in [3.05, 3.63) is 18.6 Å². The fraction of sp³-hybridized carbons (Fsp3) is 0.688. The van der Waals surface area contributed by atoms with E-state index in [9.17, 15) is 4.79 Å². The van der Waals surface area contributed by atoms with E-state index >= 15 is 0 Å². The average molecular weight is 302 g/mol. The predicted molar refractivity (Wildman–Crippen MR) is 81.2 cm³/mol. The number of carbonyl (C=O) groups excluding carboxylic acids is 1. The van der Waals surface area contributed by atoms with Crippen molar-refractivity contribution in [1.29, 1.82) is 0 Å². The van der Waals surface area contributed by atoms with E-state index in [1.54, 1.807) is 18.6 Å². The maximum absolute atomic E-state index is 12.3. The SMILES string of the molecule is O=C(Nc1cnccn1)[C@@H]1C[C@@H]2CCN(CC3CC3)C[C@H]2O1. The number of likely N-dealkylation sites (tertiary alicyclic amines) is 1. The van der Waals surface area contributed by atoms with Crippen LogP contribution in [0.2, 0.25) is 0 Å². The van der Waals surface area contributed by atoms with Crippen molar-refractivity contribution >= 4 is 11.7 Å². The quantitative estimate of drug-likeness (QED) is 0.908. The smallest absolute Gasteiger partial charge is 0.254 e. The third kappa shape index (κ3) is 3.13. The molecule has 4 rings (SSSR count). The van der Waals surface area contributed by atoms with Gasteiger partial charge in [0.15, 0.2) is 5.82 Å². The number of aromatic nitrogens is 2. The second-order valence-electron chi connectivity index (χ2n) is 6.73. The van der Waals surface area contributed by atoms with Crippen molar-refractivity contribution in [3.8, 4) is 0 Å². The maximum Gasteiger partial charge on any atom is 0.254 e. The number of ether oxygens (including phenoxy) is 1. The number of carbonyl (C=O) groups is 1. The van der Waals surface area contributed by atoms with Crippen LogP contribution in [-0.2, 0) is 9.53 Å². The van der Waals surface area contributed by atoms with E-state index in [-0.39, 0.29) is 18.1 Å². The van der Waals surface area contributed by atoms with Gasteiger partial charge in [0.25, 0.3) is 5.91 Å². The average Bonchev–Trinajstić information content (AvgIpc) is 3.24. The molecule has 3 atom stereocenters. The molecule has 6 heteroatoms. The molecule has 0 unspecified atom stereocenters. The highest BCUT2D eigenvalue weighted by Gasteiger charge is 2.42. The molecule has 0 radical (unpaired) electrons. The standard InChI is InChI=1S/C16H22N4O2/c21-16(19-15-8-17-4-5-18-15)13-7-12-3-6-20(9-11-1-2-11)10-14(12)22-13/h4-5,8,11-14H,1-3,6-7,9-10H2,(H,18,19,21)/t12-,13-,14+/m0/s1. The van der Waals surface area contributed by atoms with E-state index in [2.05, 4.69) is 20.2 Å². The van der Waals surface area contributed by atoms with E-state index in [0.29, 0.717) is 11.7 Å². The Bertz CT molecular complexity index is 534. The number of piperidine rings is 1. The summed E-state index contributed by atoms with van der Waals surface area (Å²) in [4.78, 5) is 22.9. The van der Waals surface area contributed by atoms with Crippen LogP contribution >= 0.6 is 0 Å². The monoisotopic (exact) mass is 302 g/mol. The minimum Gasteiger partial charge on any atom is -0.364 e. The predicted octanol–water partition coefficient (Wildman–Crippen LogP) is 1.30. The zero-order valence-corrected chi connectivity index (χ0v) is 12.6. The second kappa shape index (κ2) is 5.93. The Morgan fingerprint density at radius 1 is 1.36 bits per heavy atom. The van der Waals surface area contributed by atoms with Gasteiger partial charge in [-0.1, -0.05) is 0 Å². The molecule has 1 saturated carbocycles. The topological polar surface area (TPSA) is 67.4 Å². The normalized spacial score (nSPS) is 31.7. The first-order valence-corrected chi connectivity index (χ1v) is 8.22. The van der Waals surface area contributed by atoms with Crippen LogP contribution in [0.1, 0.15) is 25.7 Å². The van der Waals surface area contributed by atoms with Crippen LogP contribution in [0.3, 0.4) is 0 Å². The van der Waals surface area contributed by atoms with Crippen LogP contribution in [0.4, 0.5) is 5.82 Å². The molecule has 2 saturated heterocycles. The van der Waals surface area contributed by atoms with Gasteiger partial charge >= 0.3 is 0 Å². The first-order chi connectivity index (χ1) is 10.8. The van der Waals surface area contributed by atoms with Crippen LogP contribution in [0, 0.1) is 11.8 Å². The van der Waals surface area contributed by atoms with Crippen LogP contribution in [-0.4, -0.2) is 52.6 Å². The van der Waals surface area contributed by atoms with Crippen molar-refractivity contribution in [3.63, 3.8) is 0 Å². The Balaban J connectivity index is 1.32. The Labute approximate surface area is 130 Å². The molecule has 0 aromatic carbocycles. The molecule has 2 aliphatic heterocycles. The van der Waals surface area contributed by atoms with Gasteiger partial charge in [0.2, 0.25) is 0 Å². The summed E-state index contributed by atoms with van der Waals surface area (Å²) in [6.07, 6.45) is 9.31. The number of amides is 1. The minimum absolute atomic E-state index is 0.0938. The van der Waals surface area contributed by atoms with Gasteiger partial charge in [-0.25, -0.2) is 4.98 Å². The Hall–Kier alpha value is -1.53. The number of nitrogens with zero attached hydrogens (tertiary/aromatic N) is 3. The molecule has 1 aromatic rings. The summed E-state index contributed by atoms with van der Waals surface area (Å²) >= 11 is 0. The van der Waals surface area contributed by atoms with Gasteiger partial charge in [0.05, 0.1) is 12.3 Å². The molecule has 1 N–H and O–H groups in total. The minimum atomic E-state index is -0.349. The lowest BCUT2D eigenvalue weighted by Gasteiger charge is -2.34. The number of nitrogens with one attached hydrogen (secondary N) is 1. The van der Waals surface area contributed by atoms with Crippen molar-refractivity contribution in [2.24, 2.45) is 11.8 Å². The number of rotatable bonds is 4. The van der Waals surface area contributed by atoms with Gasteiger partial charge in [0.1, 0.15) is 6.10 Å². The lowest BCUT2D eigenvalue weighted by atomic mass is 9.91. The van der Waals surface area contributed by atoms with Gasteiger partial charge in [-0.3, -0.25) is 9.78 Å². The number of anilines is 1. The summed E-state index contributed by atoms with van der Waals surface area (Å²) in [5, 5.41) is 2.80. The van der Waals surface area contributed by atoms with Crippen LogP contribution < -0.4 is 5.32 Å². The van der Waals surface area contributed by atoms with E-state index in [1.165, 1.54) is 19.4 Å². The van der Waals surface area contributed by atoms with Gasteiger partial charge in [0, 0.05) is 25.5 Å². The van der Waals surface area contributed by atoms with Crippen molar-refractivity contribution < 1.29 is 9.53 Å². The Morgan fingerprint density at radius 3 is 3.05 bits per heavy atom. The van der Waals surface area contributed by atoms with Gasteiger partial charge in [-0.15, -0.1) is 0 Å². The molecule has 22 heavy (non-hydrogen) atoms. The fourth-order valence-electron chi connectivity index (χ4n) is 3.57. The molecule has 118 valence electrons. The van der Waals surface area contributed by atoms with Gasteiger partial charge in [-0.2, -0.15) is 0 Å². The highest BCUT2D eigenvalue weighted by atomic mass is 16.5. The zero-order valence-electron chi connectivity index (χ0n) is 12.6. The summed E-state index contributed by atoms with van der Waals surface area (Å²) in [5.41, 5.74) is 0. The van der Waals surface area contributed by atoms with Gasteiger partial charge < -0.3 is 15.0 Å². The largest absolute Gasteiger partial charge is 0.364 e. The van der Waals surface area contributed by atoms with Crippen molar-refractivity contribution in [2.45, 2.75) is 37.9 Å². The lowest BCUT2D eigenvalue weighted by molar-refractivity contribution is -0.127. The lowest BCUT2D eigenvalue weighted by Crippen LogP contribution is -2.43. The highest BCUT2D eigenvalue weighted by Crippen LogP contribution is 2.36. The van der Waals surface area contributed by atoms with Crippen LogP contribution in [0.15, 0.2) is 18.6 Å². The third-order valence-corrected chi connectivity index (χ3v) is 4.96. The summed E-state index contributed by atoms with van der Waals surface area (Å²) in [7, 11) is 0. The summed E-state index contributed by atoms with van der Waals surface area (Å²) in [6.45, 7) is 3.35. The molecule has 1 aliphatic carbocycles. The second-order valence-corrected chi connectivity index (χ2v) is 6.73. The van der Waals surface area contributed by atoms with Gasteiger partial charge in [-0.05, 0) is 44.1 Å². The number of hydrogen-bond donors (Lipinski definition) is 1. The van der Waals surface area contributed by atoms with E-state index in [4.69, 9.17) is 4.74 Å². The first-order valence-electron chi connectivity index (χ1n) is 8.22. The van der Waals surface area contributed by atoms with Crippen LogP contribution in [0.5, 0.6) is 0 Å². The number of hydrogen-bond acceptors (Lipinski definition) is 5. The highest BCUT2D eigenvalue weighted by molar-refractivity contribution is 5.93. The molecule has 0 bridgehead atoms. The molecular weight excluding hydrogens is 280 g/mol. The molecule has 3 fully saturated rings. The summed E-state index contributed by atoms with van der Waals surface area (Å²) in [5.74, 6) is 1.83.